The molecule has 2 saturated heterocycles. The van der Waals surface area contributed by atoms with E-state index >= 15 is 0 Å². The molecule has 0 aromatic rings. The summed E-state index contributed by atoms with van der Waals surface area (Å²) >= 11 is 0. The van der Waals surface area contributed by atoms with Gasteiger partial charge < -0.3 is 24.4 Å². The van der Waals surface area contributed by atoms with Crippen LogP contribution in [-0.4, -0.2) is 71.6 Å². The molecule has 0 aromatic carbocycles. The lowest BCUT2D eigenvalue weighted by Gasteiger charge is -2.44. The number of hydrogen-bond donors (Lipinski definition) is 2. The normalized spacial score (nSPS) is 51.6. The summed E-state index contributed by atoms with van der Waals surface area (Å²) in [7, 11) is 1.67. The smallest absolute Gasteiger partial charge is 0.412 e. The summed E-state index contributed by atoms with van der Waals surface area (Å²) < 4.78 is 17.4. The third kappa shape index (κ3) is 2.67. The van der Waals surface area contributed by atoms with E-state index in [2.05, 4.69) is 13.8 Å². The van der Waals surface area contributed by atoms with Gasteiger partial charge in [-0.05, 0) is 37.0 Å². The first kappa shape index (κ1) is 17.5. The largest absolute Gasteiger partial charge is 0.443 e. The second-order valence-electron chi connectivity index (χ2n) is 8.57. The van der Waals surface area contributed by atoms with Crippen molar-refractivity contribution in [2.24, 2.45) is 17.3 Å². The molecule has 142 valence electrons. The lowest BCUT2D eigenvalue weighted by Crippen LogP contribution is -2.54. The summed E-state index contributed by atoms with van der Waals surface area (Å²) in [4.78, 5) is 13.7. The first-order chi connectivity index (χ1) is 11.8. The molecule has 25 heavy (non-hydrogen) atoms. The van der Waals surface area contributed by atoms with E-state index in [9.17, 15) is 15.0 Å². The van der Waals surface area contributed by atoms with Crippen molar-refractivity contribution in [3.63, 3.8) is 0 Å². The fraction of sp³-hybridized carbons (Fsp3) is 0.944. The van der Waals surface area contributed by atoms with Gasteiger partial charge in [0.05, 0.1) is 12.2 Å². The number of hydrogen-bond acceptors (Lipinski definition) is 6. The number of carbonyl (C=O) groups is 1. The maximum Gasteiger partial charge on any atom is 0.412 e. The second kappa shape index (κ2) is 5.81. The predicted molar refractivity (Wildman–Crippen MR) is 87.7 cm³/mol. The zero-order chi connectivity index (χ0) is 18.0. The zero-order valence-corrected chi connectivity index (χ0v) is 15.2. The number of epoxide rings is 1. The van der Waals surface area contributed by atoms with Crippen LogP contribution in [0.3, 0.4) is 0 Å². The van der Waals surface area contributed by atoms with E-state index in [1.807, 2.05) is 0 Å². The van der Waals surface area contributed by atoms with Crippen LogP contribution in [0.5, 0.6) is 0 Å². The summed E-state index contributed by atoms with van der Waals surface area (Å²) in [5, 5.41) is 19.6. The third-order valence-electron chi connectivity index (χ3n) is 7.14. The van der Waals surface area contributed by atoms with Crippen LogP contribution in [-0.2, 0) is 14.2 Å². The van der Waals surface area contributed by atoms with E-state index in [1.54, 1.807) is 7.11 Å². The van der Waals surface area contributed by atoms with Gasteiger partial charge in [0.1, 0.15) is 18.3 Å². The summed E-state index contributed by atoms with van der Waals surface area (Å²) in [6.45, 7) is 5.59. The standard InChI is InChI=1S/C18H29NO6/c1-10-8-17(10,2)14-13(23-3)12(4-6-18(14)9-24-18)25-16(22)19-7-5-11(20)15(19)21/h10-15,20-21H,4-9H2,1-3H3/t10-,11?,12+,13+,14+,15?,17-,18?/m0/s1. The molecule has 2 aliphatic carbocycles. The minimum atomic E-state index is -1.19. The van der Waals surface area contributed by atoms with E-state index in [4.69, 9.17) is 14.2 Å². The summed E-state index contributed by atoms with van der Waals surface area (Å²) in [6.07, 6.45) is -0.167. The zero-order valence-electron chi connectivity index (χ0n) is 15.2. The van der Waals surface area contributed by atoms with E-state index in [0.717, 1.165) is 19.4 Å². The Morgan fingerprint density at radius 3 is 2.48 bits per heavy atom. The number of nitrogens with zero attached hydrogens (tertiary/aromatic N) is 1. The lowest BCUT2D eigenvalue weighted by atomic mass is 9.67. The topological polar surface area (TPSA) is 91.8 Å². The monoisotopic (exact) mass is 355 g/mol. The minimum absolute atomic E-state index is 0.119. The van der Waals surface area contributed by atoms with Crippen LogP contribution in [0.1, 0.15) is 39.5 Å². The second-order valence-corrected chi connectivity index (χ2v) is 8.57. The Kier molecular flexibility index (Phi) is 4.07. The number of aliphatic hydroxyl groups excluding tert-OH is 2. The molecule has 2 N–H and O–H groups in total. The van der Waals surface area contributed by atoms with Crippen molar-refractivity contribution < 1.29 is 29.2 Å². The molecule has 7 nitrogen and oxygen atoms in total. The van der Waals surface area contributed by atoms with E-state index < -0.39 is 18.4 Å². The Morgan fingerprint density at radius 1 is 1.32 bits per heavy atom. The van der Waals surface area contributed by atoms with E-state index in [0.29, 0.717) is 25.3 Å². The Bertz CT molecular complexity index is 550. The van der Waals surface area contributed by atoms with Gasteiger partial charge in [0.25, 0.3) is 0 Å². The number of carbonyl (C=O) groups excluding carboxylic acids is 1. The fourth-order valence-corrected chi connectivity index (χ4v) is 5.22. The quantitative estimate of drug-likeness (QED) is 0.737. The third-order valence-corrected chi connectivity index (χ3v) is 7.14. The number of ether oxygens (including phenoxy) is 3. The van der Waals surface area contributed by atoms with Gasteiger partial charge in [0.2, 0.25) is 0 Å². The summed E-state index contributed by atoms with van der Waals surface area (Å²) in [5.74, 6) is 0.821. The molecule has 0 radical (unpaired) electrons. The highest BCUT2D eigenvalue weighted by Crippen LogP contribution is 2.66. The Balaban J connectivity index is 1.49. The Morgan fingerprint density at radius 2 is 2.00 bits per heavy atom. The van der Waals surface area contributed by atoms with Crippen LogP contribution in [0.2, 0.25) is 0 Å². The number of rotatable bonds is 3. The molecule has 3 unspecified atom stereocenters. The molecule has 2 heterocycles. The van der Waals surface area contributed by atoms with E-state index in [-0.39, 0.29) is 29.1 Å². The number of amides is 1. The maximum atomic E-state index is 12.5. The molecule has 0 bridgehead atoms. The first-order valence-electron chi connectivity index (χ1n) is 9.32. The molecule has 2 saturated carbocycles. The minimum Gasteiger partial charge on any atom is -0.443 e. The van der Waals surface area contributed by atoms with Crippen molar-refractivity contribution >= 4 is 6.09 Å². The molecule has 4 rings (SSSR count). The van der Waals surface area contributed by atoms with E-state index in [1.165, 1.54) is 4.90 Å². The van der Waals surface area contributed by atoms with Crippen molar-refractivity contribution in [2.45, 2.75) is 69.7 Å². The highest BCUT2D eigenvalue weighted by Gasteiger charge is 2.69. The van der Waals surface area contributed by atoms with Crippen LogP contribution < -0.4 is 0 Å². The van der Waals surface area contributed by atoms with Gasteiger partial charge in [0, 0.05) is 19.6 Å². The van der Waals surface area contributed by atoms with Crippen LogP contribution in [0.25, 0.3) is 0 Å². The van der Waals surface area contributed by atoms with Crippen LogP contribution in [0.15, 0.2) is 0 Å². The summed E-state index contributed by atoms with van der Waals surface area (Å²) in [6, 6.07) is 0. The van der Waals surface area contributed by atoms with Gasteiger partial charge in [-0.25, -0.2) is 4.79 Å². The lowest BCUT2D eigenvalue weighted by molar-refractivity contribution is -0.128. The Hall–Kier alpha value is -0.890. The fourth-order valence-electron chi connectivity index (χ4n) is 5.22. The highest BCUT2D eigenvalue weighted by molar-refractivity contribution is 5.68. The molecule has 4 fully saturated rings. The molecule has 1 amide bonds. The average Bonchev–Trinajstić information content (AvgIpc) is 3.44. The molecule has 0 aromatic heterocycles. The molecule has 4 aliphatic rings. The first-order valence-corrected chi connectivity index (χ1v) is 9.32. The average molecular weight is 355 g/mol. The number of methoxy groups -OCH3 is 1. The Labute approximate surface area is 148 Å². The van der Waals surface area contributed by atoms with Gasteiger partial charge in [-0.15, -0.1) is 0 Å². The van der Waals surface area contributed by atoms with Gasteiger partial charge in [-0.3, -0.25) is 4.90 Å². The summed E-state index contributed by atoms with van der Waals surface area (Å²) in [5.41, 5.74) is 0.0397. The van der Waals surface area contributed by atoms with Crippen LogP contribution >= 0.6 is 0 Å². The van der Waals surface area contributed by atoms with Gasteiger partial charge in [-0.1, -0.05) is 13.8 Å². The molecule has 1 spiro atoms. The molecular formula is C18H29NO6. The van der Waals surface area contributed by atoms with Crippen LogP contribution in [0.4, 0.5) is 4.79 Å². The van der Waals surface area contributed by atoms with Gasteiger partial charge >= 0.3 is 6.09 Å². The number of likely N-dealkylation sites (tertiary alicyclic amines) is 1. The van der Waals surface area contributed by atoms with Crippen molar-refractivity contribution in [2.75, 3.05) is 20.3 Å². The van der Waals surface area contributed by atoms with Gasteiger partial charge in [0.15, 0.2) is 6.23 Å². The molecule has 7 heteroatoms. The highest BCUT2D eigenvalue weighted by atomic mass is 16.6. The molecule has 2 aliphatic heterocycles. The SMILES string of the molecule is CO[C@@H]1[C@H](OC(=O)N2CCC(O)C2O)CCC2(CO2)[C@H]1[C@@]1(C)C[C@@H]1C. The van der Waals surface area contributed by atoms with Gasteiger partial charge in [-0.2, -0.15) is 0 Å². The number of aliphatic hydroxyl groups is 2. The van der Waals surface area contributed by atoms with Crippen molar-refractivity contribution in [1.82, 2.24) is 4.90 Å². The van der Waals surface area contributed by atoms with Crippen molar-refractivity contribution in [1.29, 1.82) is 0 Å². The maximum absolute atomic E-state index is 12.5. The van der Waals surface area contributed by atoms with Crippen molar-refractivity contribution in [3.05, 3.63) is 0 Å². The molecular weight excluding hydrogens is 326 g/mol. The van der Waals surface area contributed by atoms with Crippen molar-refractivity contribution in [3.8, 4) is 0 Å². The predicted octanol–water partition coefficient (Wildman–Crippen LogP) is 1.12. The van der Waals surface area contributed by atoms with Crippen LogP contribution in [0, 0.1) is 17.3 Å². The molecule has 8 atom stereocenters.